The van der Waals surface area contributed by atoms with Crippen molar-refractivity contribution in [3.8, 4) is 0 Å². The lowest BCUT2D eigenvalue weighted by Gasteiger charge is -2.05. The van der Waals surface area contributed by atoms with Crippen LogP contribution in [-0.2, 0) is 19.1 Å². The van der Waals surface area contributed by atoms with Crippen molar-refractivity contribution in [2.45, 2.75) is 25.8 Å². The molecule has 1 saturated carbocycles. The van der Waals surface area contributed by atoms with Crippen molar-refractivity contribution < 1.29 is 19.1 Å². The second-order valence-corrected chi connectivity index (χ2v) is 6.00. The van der Waals surface area contributed by atoms with E-state index < -0.39 is 17.7 Å². The van der Waals surface area contributed by atoms with Gasteiger partial charge in [-0.15, -0.1) is 0 Å². The van der Waals surface area contributed by atoms with Gasteiger partial charge in [-0.05, 0) is 38.0 Å². The molecule has 1 atom stereocenters. The zero-order valence-electron chi connectivity index (χ0n) is 13.7. The monoisotopic (exact) mass is 339 g/mol. The van der Waals surface area contributed by atoms with Gasteiger partial charge in [-0.25, -0.2) is 4.98 Å². The van der Waals surface area contributed by atoms with Crippen LogP contribution in [0.4, 0.5) is 0 Å². The van der Waals surface area contributed by atoms with Gasteiger partial charge in [-0.2, -0.15) is 0 Å². The molecule has 1 N–H and O–H groups in total. The maximum absolute atomic E-state index is 12.7. The summed E-state index contributed by atoms with van der Waals surface area (Å²) in [7, 11) is 0. The van der Waals surface area contributed by atoms with E-state index in [2.05, 4.69) is 15.0 Å². The number of hydrogen-bond acceptors (Lipinski definition) is 6. The van der Waals surface area contributed by atoms with Crippen molar-refractivity contribution in [1.29, 1.82) is 0 Å². The minimum absolute atomic E-state index is 0.0993. The second kappa shape index (κ2) is 6.16. The number of carbonyl (C=O) groups excluding carboxylic acids is 2. The molecule has 128 valence electrons. The maximum Gasteiger partial charge on any atom is 0.326 e. The van der Waals surface area contributed by atoms with Crippen LogP contribution >= 0.6 is 0 Å². The van der Waals surface area contributed by atoms with Crippen LogP contribution in [0.2, 0.25) is 0 Å². The van der Waals surface area contributed by atoms with Crippen molar-refractivity contribution in [2.24, 2.45) is 10.9 Å². The summed E-state index contributed by atoms with van der Waals surface area (Å²) < 4.78 is 10.7. The molecule has 25 heavy (non-hydrogen) atoms. The fourth-order valence-electron chi connectivity index (χ4n) is 2.73. The van der Waals surface area contributed by atoms with Crippen LogP contribution in [0.25, 0.3) is 17.1 Å². The van der Waals surface area contributed by atoms with E-state index in [0.717, 1.165) is 23.8 Å². The standard InChI is InChI=1S/C18H17N3O4/c1-2-24-18(23)14-15(22)13(25-17(14)21-11-5-6-11)8-10-9-20-16-12(10)4-3-7-19-16/h3-4,7-9,11,14H,2,5-6H2,1H3,(H,19,20)/b13-8-,21-17?. The van der Waals surface area contributed by atoms with Gasteiger partial charge < -0.3 is 14.5 Å². The number of hydrogen-bond donors (Lipinski definition) is 1. The third kappa shape index (κ3) is 2.93. The predicted octanol–water partition coefficient (Wildman–Crippen LogP) is 2.24. The van der Waals surface area contributed by atoms with Crippen molar-refractivity contribution in [3.05, 3.63) is 35.8 Å². The van der Waals surface area contributed by atoms with E-state index in [1.165, 1.54) is 0 Å². The summed E-state index contributed by atoms with van der Waals surface area (Å²) in [4.78, 5) is 36.5. The topological polar surface area (TPSA) is 93.6 Å². The van der Waals surface area contributed by atoms with E-state index in [0.29, 0.717) is 5.65 Å². The number of esters is 1. The number of fused-ring (bicyclic) bond motifs is 1. The molecule has 0 radical (unpaired) electrons. The largest absolute Gasteiger partial charge is 0.465 e. The first-order valence-corrected chi connectivity index (χ1v) is 8.27. The van der Waals surface area contributed by atoms with Crippen molar-refractivity contribution >= 4 is 34.8 Å². The number of nitrogens with one attached hydrogen (secondary N) is 1. The Morgan fingerprint density at radius 2 is 2.36 bits per heavy atom. The van der Waals surface area contributed by atoms with Crippen LogP contribution in [0, 0.1) is 5.92 Å². The Morgan fingerprint density at radius 3 is 3.12 bits per heavy atom. The summed E-state index contributed by atoms with van der Waals surface area (Å²) in [6, 6.07) is 3.85. The highest BCUT2D eigenvalue weighted by atomic mass is 16.5. The molecule has 7 nitrogen and oxygen atoms in total. The number of ketones is 1. The number of aromatic amines is 1. The molecule has 0 amide bonds. The third-order valence-electron chi connectivity index (χ3n) is 4.12. The summed E-state index contributed by atoms with van der Waals surface area (Å²) in [6.07, 6.45) is 6.94. The number of nitrogens with zero attached hydrogens (tertiary/aromatic N) is 2. The van der Waals surface area contributed by atoms with Crippen molar-refractivity contribution in [1.82, 2.24) is 9.97 Å². The van der Waals surface area contributed by atoms with Gasteiger partial charge in [0.1, 0.15) is 5.65 Å². The summed E-state index contributed by atoms with van der Waals surface area (Å²) in [5.74, 6) is -1.89. The van der Waals surface area contributed by atoms with Crippen molar-refractivity contribution in [3.63, 3.8) is 0 Å². The summed E-state index contributed by atoms with van der Waals surface area (Å²) in [5.41, 5.74) is 1.48. The third-order valence-corrected chi connectivity index (χ3v) is 4.12. The van der Waals surface area contributed by atoms with E-state index in [-0.39, 0.29) is 24.3 Å². The molecule has 2 aromatic heterocycles. The molecule has 2 aromatic rings. The number of Topliss-reactive ketones (excluding diaryl/α,β-unsaturated/α-hetero) is 1. The molecular formula is C18H17N3O4. The zero-order valence-corrected chi connectivity index (χ0v) is 13.7. The van der Waals surface area contributed by atoms with Crippen molar-refractivity contribution in [2.75, 3.05) is 6.61 Å². The molecule has 1 aliphatic heterocycles. The molecule has 2 aliphatic rings. The Hall–Kier alpha value is -2.96. The van der Waals surface area contributed by atoms with E-state index in [1.54, 1.807) is 25.4 Å². The highest BCUT2D eigenvalue weighted by Crippen LogP contribution is 2.31. The van der Waals surface area contributed by atoms with E-state index in [1.807, 2.05) is 12.1 Å². The number of pyridine rings is 1. The molecule has 2 fully saturated rings. The molecule has 4 rings (SSSR count). The van der Waals surface area contributed by atoms with Gasteiger partial charge in [0, 0.05) is 23.3 Å². The molecule has 0 aromatic carbocycles. The Balaban J connectivity index is 1.70. The fraction of sp³-hybridized carbons (Fsp3) is 0.333. The smallest absolute Gasteiger partial charge is 0.326 e. The van der Waals surface area contributed by atoms with E-state index in [4.69, 9.17) is 9.47 Å². The number of carbonyl (C=O) groups is 2. The highest BCUT2D eigenvalue weighted by Gasteiger charge is 2.45. The average molecular weight is 339 g/mol. The van der Waals surface area contributed by atoms with E-state index >= 15 is 0 Å². The number of H-pyrrole nitrogens is 1. The van der Waals surface area contributed by atoms with Gasteiger partial charge in [0.2, 0.25) is 11.7 Å². The van der Waals surface area contributed by atoms with Gasteiger partial charge in [-0.1, -0.05) is 0 Å². The van der Waals surface area contributed by atoms with Gasteiger partial charge in [-0.3, -0.25) is 14.6 Å². The molecule has 3 heterocycles. The summed E-state index contributed by atoms with van der Waals surface area (Å²) in [5, 5.41) is 0.867. The maximum atomic E-state index is 12.7. The van der Waals surface area contributed by atoms with E-state index in [9.17, 15) is 9.59 Å². The number of rotatable bonds is 4. The Labute approximate surface area is 143 Å². The lowest BCUT2D eigenvalue weighted by molar-refractivity contribution is -0.147. The minimum atomic E-state index is -1.10. The van der Waals surface area contributed by atoms with Gasteiger partial charge in [0.15, 0.2) is 11.7 Å². The lowest BCUT2D eigenvalue weighted by atomic mass is 10.0. The van der Waals surface area contributed by atoms with Gasteiger partial charge >= 0.3 is 5.97 Å². The minimum Gasteiger partial charge on any atom is -0.465 e. The average Bonchev–Trinajstić information content (AvgIpc) is 3.24. The zero-order chi connectivity index (χ0) is 17.4. The molecule has 1 unspecified atom stereocenters. The predicted molar refractivity (Wildman–Crippen MR) is 90.7 cm³/mol. The number of aliphatic imine (C=N–C) groups is 1. The SMILES string of the molecule is CCOC(=O)C1C(=O)/C(=C/c2c[nH]c3ncccc23)OC1=NC1CC1. The lowest BCUT2D eigenvalue weighted by Crippen LogP contribution is -2.28. The normalized spacial score (nSPS) is 23.4. The van der Waals surface area contributed by atoms with Crippen LogP contribution in [0.1, 0.15) is 25.3 Å². The van der Waals surface area contributed by atoms with Crippen LogP contribution in [0.3, 0.4) is 0 Å². The summed E-state index contributed by atoms with van der Waals surface area (Å²) in [6.45, 7) is 1.90. The first-order chi connectivity index (χ1) is 12.2. The molecule has 0 spiro atoms. The Kier molecular flexibility index (Phi) is 3.83. The Bertz CT molecular complexity index is 908. The first-order valence-electron chi connectivity index (χ1n) is 8.27. The first kappa shape index (κ1) is 15.6. The number of aromatic nitrogens is 2. The molecule has 1 saturated heterocycles. The highest BCUT2D eigenvalue weighted by molar-refractivity contribution is 6.27. The van der Waals surface area contributed by atoms with Crippen LogP contribution in [-0.4, -0.2) is 40.3 Å². The Morgan fingerprint density at radius 1 is 1.52 bits per heavy atom. The number of allylic oxidation sites excluding steroid dienone is 1. The van der Waals surface area contributed by atoms with Crippen LogP contribution in [0.5, 0.6) is 0 Å². The van der Waals surface area contributed by atoms with Crippen LogP contribution < -0.4 is 0 Å². The molecular weight excluding hydrogens is 322 g/mol. The summed E-state index contributed by atoms with van der Waals surface area (Å²) >= 11 is 0. The number of ether oxygens (including phenoxy) is 2. The fourth-order valence-corrected chi connectivity index (χ4v) is 2.73. The molecule has 1 aliphatic carbocycles. The van der Waals surface area contributed by atoms with Crippen LogP contribution in [0.15, 0.2) is 35.3 Å². The second-order valence-electron chi connectivity index (χ2n) is 6.00. The van der Waals surface area contributed by atoms with Gasteiger partial charge in [0.25, 0.3) is 0 Å². The molecule has 7 heteroatoms. The quantitative estimate of drug-likeness (QED) is 0.524. The van der Waals surface area contributed by atoms with Gasteiger partial charge in [0.05, 0.1) is 12.6 Å². The molecule has 0 bridgehead atoms.